The number of carbonyl (C=O) groups is 1. The smallest absolute Gasteiger partial charge is 0.340 e. The van der Waals surface area contributed by atoms with Gasteiger partial charge in [0, 0.05) is 25.5 Å². The number of amides is 1. The highest BCUT2D eigenvalue weighted by atomic mass is 19.4. The lowest BCUT2D eigenvalue weighted by atomic mass is 9.99. The van der Waals surface area contributed by atoms with Crippen LogP contribution in [-0.4, -0.2) is 20.7 Å². The zero-order valence-corrected chi connectivity index (χ0v) is 13.7. The standard InChI is InChI=1S/C18H15F3N4O/c1-25-15(18(19,20)21)11-14(24-25)17(26)23-16(12-5-3-2-4-6-12)13-7-9-22-10-8-13/h2-11,16H,1H3,(H,23,26). The molecule has 2 aromatic heterocycles. The fraction of sp³-hybridized carbons (Fsp3) is 0.167. The molecule has 0 saturated carbocycles. The Kier molecular flexibility index (Phi) is 4.75. The van der Waals surface area contributed by atoms with Crippen LogP contribution >= 0.6 is 0 Å². The maximum absolute atomic E-state index is 12.9. The highest BCUT2D eigenvalue weighted by Crippen LogP contribution is 2.29. The molecule has 0 aliphatic rings. The van der Waals surface area contributed by atoms with E-state index >= 15 is 0 Å². The van der Waals surface area contributed by atoms with Gasteiger partial charge in [0.15, 0.2) is 5.69 Å². The van der Waals surface area contributed by atoms with Crippen molar-refractivity contribution in [1.82, 2.24) is 20.1 Å². The van der Waals surface area contributed by atoms with E-state index in [0.717, 1.165) is 24.2 Å². The van der Waals surface area contributed by atoms with Gasteiger partial charge in [-0.15, -0.1) is 0 Å². The van der Waals surface area contributed by atoms with Gasteiger partial charge in [0.2, 0.25) is 0 Å². The van der Waals surface area contributed by atoms with Gasteiger partial charge in [-0.1, -0.05) is 30.3 Å². The van der Waals surface area contributed by atoms with Gasteiger partial charge in [-0.25, -0.2) is 0 Å². The molecule has 0 fully saturated rings. The number of hydrogen-bond acceptors (Lipinski definition) is 3. The molecule has 0 aliphatic carbocycles. The molecule has 26 heavy (non-hydrogen) atoms. The molecule has 1 amide bonds. The van der Waals surface area contributed by atoms with E-state index in [2.05, 4.69) is 15.4 Å². The van der Waals surface area contributed by atoms with Crippen molar-refractivity contribution in [3.63, 3.8) is 0 Å². The Morgan fingerprint density at radius 1 is 1.08 bits per heavy atom. The van der Waals surface area contributed by atoms with Crippen LogP contribution in [0.25, 0.3) is 0 Å². The summed E-state index contributed by atoms with van der Waals surface area (Å²) in [6.45, 7) is 0. The van der Waals surface area contributed by atoms with Gasteiger partial charge in [0.05, 0.1) is 6.04 Å². The predicted molar refractivity (Wildman–Crippen MR) is 88.2 cm³/mol. The van der Waals surface area contributed by atoms with Crippen molar-refractivity contribution in [2.24, 2.45) is 7.05 Å². The van der Waals surface area contributed by atoms with E-state index < -0.39 is 23.8 Å². The number of halogens is 3. The van der Waals surface area contributed by atoms with Gasteiger partial charge in [-0.3, -0.25) is 14.5 Å². The van der Waals surface area contributed by atoms with Crippen molar-refractivity contribution in [2.45, 2.75) is 12.2 Å². The van der Waals surface area contributed by atoms with Crippen LogP contribution < -0.4 is 5.32 Å². The maximum Gasteiger partial charge on any atom is 0.433 e. The summed E-state index contributed by atoms with van der Waals surface area (Å²) < 4.78 is 39.4. The number of benzene rings is 1. The van der Waals surface area contributed by atoms with Gasteiger partial charge >= 0.3 is 6.18 Å². The molecule has 1 unspecified atom stereocenters. The van der Waals surface area contributed by atoms with Crippen molar-refractivity contribution in [2.75, 3.05) is 0 Å². The fourth-order valence-corrected chi connectivity index (χ4v) is 2.61. The Labute approximate surface area is 147 Å². The summed E-state index contributed by atoms with van der Waals surface area (Å²) in [7, 11) is 1.15. The molecular formula is C18H15F3N4O. The Morgan fingerprint density at radius 3 is 2.27 bits per heavy atom. The Morgan fingerprint density at radius 2 is 1.69 bits per heavy atom. The molecule has 1 N–H and O–H groups in total. The number of alkyl halides is 3. The van der Waals surface area contributed by atoms with Crippen LogP contribution in [0.1, 0.15) is 33.4 Å². The topological polar surface area (TPSA) is 59.8 Å². The number of rotatable bonds is 4. The Balaban J connectivity index is 1.92. The first kappa shape index (κ1) is 17.7. The van der Waals surface area contributed by atoms with Crippen LogP contribution in [-0.2, 0) is 13.2 Å². The molecule has 134 valence electrons. The average Bonchev–Trinajstić information content (AvgIpc) is 3.03. The van der Waals surface area contributed by atoms with E-state index in [1.165, 1.54) is 0 Å². The number of carbonyl (C=O) groups excluding carboxylic acids is 1. The van der Waals surface area contributed by atoms with E-state index in [-0.39, 0.29) is 5.69 Å². The third-order valence-electron chi connectivity index (χ3n) is 3.85. The van der Waals surface area contributed by atoms with Gasteiger partial charge in [0.1, 0.15) is 5.69 Å². The van der Waals surface area contributed by atoms with Crippen molar-refractivity contribution in [3.05, 3.63) is 83.4 Å². The molecule has 2 heterocycles. The molecule has 1 atom stereocenters. The van der Waals surface area contributed by atoms with Gasteiger partial charge in [-0.2, -0.15) is 18.3 Å². The highest BCUT2D eigenvalue weighted by molar-refractivity contribution is 5.93. The molecule has 0 radical (unpaired) electrons. The summed E-state index contributed by atoms with van der Waals surface area (Å²) in [5.74, 6) is -0.693. The second kappa shape index (κ2) is 6.99. The quantitative estimate of drug-likeness (QED) is 0.776. The summed E-state index contributed by atoms with van der Waals surface area (Å²) >= 11 is 0. The lowest BCUT2D eigenvalue weighted by molar-refractivity contribution is -0.143. The first-order valence-electron chi connectivity index (χ1n) is 7.73. The predicted octanol–water partition coefficient (Wildman–Crippen LogP) is 3.35. The van der Waals surface area contributed by atoms with Crippen molar-refractivity contribution >= 4 is 5.91 Å². The third-order valence-corrected chi connectivity index (χ3v) is 3.85. The van der Waals surface area contributed by atoms with Gasteiger partial charge in [0.25, 0.3) is 5.91 Å². The minimum Gasteiger partial charge on any atom is -0.340 e. The number of aryl methyl sites for hydroxylation is 1. The molecule has 1 aromatic carbocycles. The third kappa shape index (κ3) is 3.74. The van der Waals surface area contributed by atoms with E-state index in [1.807, 2.05) is 30.3 Å². The summed E-state index contributed by atoms with van der Waals surface area (Å²) in [6, 6.07) is 12.8. The first-order chi connectivity index (χ1) is 12.4. The molecular weight excluding hydrogens is 345 g/mol. The molecule has 0 spiro atoms. The van der Waals surface area contributed by atoms with Crippen LogP contribution in [0.4, 0.5) is 13.2 Å². The monoisotopic (exact) mass is 360 g/mol. The highest BCUT2D eigenvalue weighted by Gasteiger charge is 2.36. The lowest BCUT2D eigenvalue weighted by Crippen LogP contribution is -2.29. The summed E-state index contributed by atoms with van der Waals surface area (Å²) in [4.78, 5) is 16.5. The van der Waals surface area contributed by atoms with E-state index in [1.54, 1.807) is 24.5 Å². The van der Waals surface area contributed by atoms with Gasteiger partial charge in [-0.05, 0) is 23.3 Å². The van der Waals surface area contributed by atoms with Crippen molar-refractivity contribution in [3.8, 4) is 0 Å². The van der Waals surface area contributed by atoms with Crippen molar-refractivity contribution in [1.29, 1.82) is 0 Å². The molecule has 0 saturated heterocycles. The average molecular weight is 360 g/mol. The van der Waals surface area contributed by atoms with E-state index in [9.17, 15) is 18.0 Å². The van der Waals surface area contributed by atoms with Crippen LogP contribution in [0.2, 0.25) is 0 Å². The van der Waals surface area contributed by atoms with Crippen LogP contribution in [0, 0.1) is 0 Å². The van der Waals surface area contributed by atoms with E-state index in [4.69, 9.17) is 0 Å². The minimum absolute atomic E-state index is 0.296. The maximum atomic E-state index is 12.9. The molecule has 0 bridgehead atoms. The first-order valence-corrected chi connectivity index (χ1v) is 7.73. The zero-order valence-electron chi connectivity index (χ0n) is 13.7. The zero-order chi connectivity index (χ0) is 18.7. The molecule has 5 nitrogen and oxygen atoms in total. The number of nitrogens with one attached hydrogen (secondary N) is 1. The van der Waals surface area contributed by atoms with Crippen LogP contribution in [0.3, 0.4) is 0 Å². The number of nitrogens with zero attached hydrogens (tertiary/aromatic N) is 3. The largest absolute Gasteiger partial charge is 0.433 e. The SMILES string of the molecule is Cn1nc(C(=O)NC(c2ccccc2)c2ccncc2)cc1C(F)(F)F. The van der Waals surface area contributed by atoms with Gasteiger partial charge < -0.3 is 5.32 Å². The number of hydrogen-bond donors (Lipinski definition) is 1. The fourth-order valence-electron chi connectivity index (χ4n) is 2.61. The van der Waals surface area contributed by atoms with Crippen LogP contribution in [0.5, 0.6) is 0 Å². The number of aromatic nitrogens is 3. The molecule has 3 aromatic rings. The second-order valence-corrected chi connectivity index (χ2v) is 5.63. The molecule has 8 heteroatoms. The summed E-state index contributed by atoms with van der Waals surface area (Å²) in [5, 5.41) is 6.44. The van der Waals surface area contributed by atoms with Crippen molar-refractivity contribution < 1.29 is 18.0 Å². The Bertz CT molecular complexity index is 852. The summed E-state index contributed by atoms with van der Waals surface area (Å²) in [6.07, 6.45) is -1.41. The Hall–Kier alpha value is -3.16. The number of pyridine rings is 1. The summed E-state index contributed by atoms with van der Waals surface area (Å²) in [5.41, 5.74) is 0.267. The van der Waals surface area contributed by atoms with Crippen LogP contribution in [0.15, 0.2) is 60.9 Å². The normalized spacial score (nSPS) is 12.6. The van der Waals surface area contributed by atoms with E-state index in [0.29, 0.717) is 4.68 Å². The minimum atomic E-state index is -4.58. The molecule has 3 rings (SSSR count). The second-order valence-electron chi connectivity index (χ2n) is 5.63. The lowest BCUT2D eigenvalue weighted by Gasteiger charge is -2.19. The molecule has 0 aliphatic heterocycles.